The first-order valence-electron chi connectivity index (χ1n) is 12.3. The molecule has 0 saturated carbocycles. The van der Waals surface area contributed by atoms with Crippen molar-refractivity contribution in [1.29, 1.82) is 0 Å². The number of rotatable bonds is 11. The van der Waals surface area contributed by atoms with Gasteiger partial charge in [0.15, 0.2) is 0 Å². The number of hydrogen-bond acceptors (Lipinski definition) is 5. The maximum absolute atomic E-state index is 12.9. The zero-order chi connectivity index (χ0) is 25.3. The van der Waals surface area contributed by atoms with E-state index in [4.69, 9.17) is 21.7 Å². The van der Waals surface area contributed by atoms with E-state index in [0.717, 1.165) is 35.5 Å². The molecule has 4 nitrogen and oxygen atoms in total. The van der Waals surface area contributed by atoms with Gasteiger partial charge in [0.2, 0.25) is 0 Å². The van der Waals surface area contributed by atoms with Crippen LogP contribution in [0.2, 0.25) is 0 Å². The van der Waals surface area contributed by atoms with E-state index in [1.807, 2.05) is 72.8 Å². The zero-order valence-electron chi connectivity index (χ0n) is 20.7. The third kappa shape index (κ3) is 6.99. The Labute approximate surface area is 223 Å². The maximum Gasteiger partial charge on any atom is 0.266 e. The Kier molecular flexibility index (Phi) is 9.20. The number of thioether (sulfide) groups is 1. The number of amides is 1. The second-order valence-electron chi connectivity index (χ2n) is 8.75. The third-order valence-electron chi connectivity index (χ3n) is 6.12. The minimum atomic E-state index is -0.0521. The summed E-state index contributed by atoms with van der Waals surface area (Å²) in [5, 5.41) is 0. The molecule has 1 saturated heterocycles. The van der Waals surface area contributed by atoms with Crippen LogP contribution in [-0.2, 0) is 11.3 Å². The van der Waals surface area contributed by atoms with E-state index in [2.05, 4.69) is 26.0 Å². The Bertz CT molecular complexity index is 1190. The van der Waals surface area contributed by atoms with Crippen LogP contribution in [0, 0.1) is 0 Å². The average Bonchev–Trinajstić information content (AvgIpc) is 3.17. The number of nitrogens with zero attached hydrogens (tertiary/aromatic N) is 1. The molecule has 0 aromatic heterocycles. The number of thiocarbonyl (C=S) groups is 1. The predicted octanol–water partition coefficient (Wildman–Crippen LogP) is 7.45. The van der Waals surface area contributed by atoms with Gasteiger partial charge in [0.1, 0.15) is 15.8 Å². The molecule has 6 heteroatoms. The summed E-state index contributed by atoms with van der Waals surface area (Å²) in [5.74, 6) is 2.20. The van der Waals surface area contributed by atoms with Gasteiger partial charge in [0.05, 0.1) is 24.7 Å². The molecule has 4 rings (SSSR count). The second kappa shape index (κ2) is 12.7. The number of carbonyl (C=O) groups excluding carboxylic acids is 1. The molecule has 3 aromatic rings. The van der Waals surface area contributed by atoms with Crippen molar-refractivity contribution in [1.82, 2.24) is 4.90 Å². The largest absolute Gasteiger partial charge is 0.493 e. The van der Waals surface area contributed by atoms with E-state index in [9.17, 15) is 4.79 Å². The highest BCUT2D eigenvalue weighted by Gasteiger charge is 2.31. The van der Waals surface area contributed by atoms with E-state index in [-0.39, 0.29) is 5.91 Å². The zero-order valence-corrected chi connectivity index (χ0v) is 22.3. The summed E-state index contributed by atoms with van der Waals surface area (Å²) in [6, 6.07) is 26.0. The fraction of sp³-hybridized carbons (Fsp3) is 0.267. The van der Waals surface area contributed by atoms with Crippen LogP contribution in [0.25, 0.3) is 6.08 Å². The summed E-state index contributed by atoms with van der Waals surface area (Å²) >= 11 is 6.79. The van der Waals surface area contributed by atoms with Gasteiger partial charge in [0.25, 0.3) is 5.91 Å². The highest BCUT2D eigenvalue weighted by Crippen LogP contribution is 2.33. The Morgan fingerprint density at radius 1 is 0.917 bits per heavy atom. The molecule has 1 aliphatic heterocycles. The highest BCUT2D eigenvalue weighted by molar-refractivity contribution is 8.26. The van der Waals surface area contributed by atoms with Gasteiger partial charge in [-0.25, -0.2) is 0 Å². The molecule has 0 radical (unpaired) electrons. The molecule has 36 heavy (non-hydrogen) atoms. The maximum atomic E-state index is 12.9. The fourth-order valence-electron chi connectivity index (χ4n) is 3.78. The average molecular weight is 518 g/mol. The number of benzene rings is 3. The van der Waals surface area contributed by atoms with Gasteiger partial charge >= 0.3 is 0 Å². The molecule has 3 aromatic carbocycles. The van der Waals surface area contributed by atoms with Crippen LogP contribution in [0.1, 0.15) is 49.3 Å². The quantitative estimate of drug-likeness (QED) is 0.150. The lowest BCUT2D eigenvalue weighted by molar-refractivity contribution is -0.122. The topological polar surface area (TPSA) is 38.8 Å². The molecule has 1 unspecified atom stereocenters. The Morgan fingerprint density at radius 3 is 2.14 bits per heavy atom. The Balaban J connectivity index is 1.22. The summed E-state index contributed by atoms with van der Waals surface area (Å²) in [4.78, 5) is 15.2. The van der Waals surface area contributed by atoms with E-state index in [1.165, 1.54) is 17.3 Å². The molecule has 0 bridgehead atoms. The van der Waals surface area contributed by atoms with Gasteiger partial charge in [-0.3, -0.25) is 9.69 Å². The fourth-order valence-corrected chi connectivity index (χ4v) is 5.04. The summed E-state index contributed by atoms with van der Waals surface area (Å²) in [6.45, 7) is 6.10. The number of ether oxygens (including phenoxy) is 2. The summed E-state index contributed by atoms with van der Waals surface area (Å²) in [7, 11) is 0. The summed E-state index contributed by atoms with van der Waals surface area (Å²) in [5.41, 5.74) is 3.34. The van der Waals surface area contributed by atoms with Crippen LogP contribution in [0.3, 0.4) is 0 Å². The monoisotopic (exact) mass is 517 g/mol. The third-order valence-corrected chi connectivity index (χ3v) is 7.50. The molecule has 1 fully saturated rings. The number of hydrogen-bond donors (Lipinski definition) is 0. The standard InChI is InChI=1S/C30H31NO3S2/c1-3-22(2)25-12-16-27(17-13-25)34-19-7-18-33-26-14-10-23(11-15-26)20-28-29(32)31(30(35)36-28)21-24-8-5-4-6-9-24/h4-6,8-17,20,22H,3,7,18-19,21H2,1-2H3/b28-20+. The van der Waals surface area contributed by atoms with E-state index in [1.54, 1.807) is 4.90 Å². The molecular weight excluding hydrogens is 486 g/mol. The Hall–Kier alpha value is -3.09. The molecule has 1 heterocycles. The van der Waals surface area contributed by atoms with Gasteiger partial charge in [-0.05, 0) is 59.4 Å². The van der Waals surface area contributed by atoms with Crippen molar-refractivity contribution in [3.8, 4) is 11.5 Å². The number of carbonyl (C=O) groups is 1. The van der Waals surface area contributed by atoms with E-state index in [0.29, 0.717) is 34.9 Å². The van der Waals surface area contributed by atoms with Crippen LogP contribution in [-0.4, -0.2) is 28.3 Å². The predicted molar refractivity (Wildman–Crippen MR) is 152 cm³/mol. The van der Waals surface area contributed by atoms with Gasteiger partial charge in [0, 0.05) is 6.42 Å². The van der Waals surface area contributed by atoms with Crippen LogP contribution in [0.4, 0.5) is 0 Å². The van der Waals surface area contributed by atoms with Crippen molar-refractivity contribution < 1.29 is 14.3 Å². The van der Waals surface area contributed by atoms with Crippen molar-refractivity contribution in [3.05, 3.63) is 100 Å². The smallest absolute Gasteiger partial charge is 0.266 e. The first kappa shape index (κ1) is 26.0. The van der Waals surface area contributed by atoms with Crippen molar-refractivity contribution >= 4 is 40.3 Å². The van der Waals surface area contributed by atoms with Gasteiger partial charge in [-0.1, -0.05) is 92.4 Å². The molecule has 1 aliphatic rings. The summed E-state index contributed by atoms with van der Waals surface area (Å²) in [6.07, 6.45) is 3.81. The van der Waals surface area contributed by atoms with Crippen LogP contribution >= 0.6 is 24.0 Å². The second-order valence-corrected chi connectivity index (χ2v) is 10.4. The molecule has 1 amide bonds. The van der Waals surface area contributed by atoms with Crippen LogP contribution in [0.15, 0.2) is 83.8 Å². The summed E-state index contributed by atoms with van der Waals surface area (Å²) < 4.78 is 12.3. The lowest BCUT2D eigenvalue weighted by Crippen LogP contribution is -2.27. The lowest BCUT2D eigenvalue weighted by atomic mass is 9.99. The first-order chi connectivity index (χ1) is 17.5. The highest BCUT2D eigenvalue weighted by atomic mass is 32.2. The van der Waals surface area contributed by atoms with E-state index < -0.39 is 0 Å². The normalized spacial score (nSPS) is 15.4. The molecule has 1 atom stereocenters. The van der Waals surface area contributed by atoms with Gasteiger partial charge in [-0.2, -0.15) is 0 Å². The van der Waals surface area contributed by atoms with E-state index >= 15 is 0 Å². The van der Waals surface area contributed by atoms with Crippen molar-refractivity contribution in [2.24, 2.45) is 0 Å². The minimum Gasteiger partial charge on any atom is -0.493 e. The van der Waals surface area contributed by atoms with Crippen molar-refractivity contribution in [2.45, 2.75) is 39.2 Å². The minimum absolute atomic E-state index is 0.0521. The Morgan fingerprint density at radius 2 is 1.53 bits per heavy atom. The lowest BCUT2D eigenvalue weighted by Gasteiger charge is -2.14. The molecule has 186 valence electrons. The van der Waals surface area contributed by atoms with Gasteiger partial charge < -0.3 is 9.47 Å². The van der Waals surface area contributed by atoms with Crippen LogP contribution < -0.4 is 9.47 Å². The van der Waals surface area contributed by atoms with Crippen LogP contribution in [0.5, 0.6) is 11.5 Å². The SMILES string of the molecule is CCC(C)c1ccc(OCCCOc2ccc(/C=C3/SC(=S)N(Cc4ccccc4)C3=O)cc2)cc1. The first-order valence-corrected chi connectivity index (χ1v) is 13.5. The molecule has 0 aliphatic carbocycles. The molecule has 0 spiro atoms. The van der Waals surface area contributed by atoms with Crippen molar-refractivity contribution in [3.63, 3.8) is 0 Å². The van der Waals surface area contributed by atoms with Crippen molar-refractivity contribution in [2.75, 3.05) is 13.2 Å². The van der Waals surface area contributed by atoms with Gasteiger partial charge in [-0.15, -0.1) is 0 Å². The molecule has 0 N–H and O–H groups in total. The molecular formula is C30H31NO3S2.